The molecule has 1 aromatic heterocycles. The molecule has 0 aliphatic carbocycles. The fourth-order valence-electron chi connectivity index (χ4n) is 2.84. The summed E-state index contributed by atoms with van der Waals surface area (Å²) in [5.41, 5.74) is 0. The van der Waals surface area contributed by atoms with Gasteiger partial charge in [0, 0.05) is 25.9 Å². The molecule has 0 bridgehead atoms. The summed E-state index contributed by atoms with van der Waals surface area (Å²) < 4.78 is 5.94. The molecule has 0 aromatic carbocycles. The number of ether oxygens (including phenoxy) is 1. The SMILES string of the molecule is Cl.Cl.c1ccc(N[C@@H]2CNC[C@@H]3CCCO[C@@H]32)nc1. The zero-order chi connectivity index (χ0) is 11.5. The Morgan fingerprint density at radius 1 is 1.26 bits per heavy atom. The van der Waals surface area contributed by atoms with Crippen molar-refractivity contribution < 1.29 is 4.74 Å². The van der Waals surface area contributed by atoms with E-state index in [0.717, 1.165) is 25.5 Å². The van der Waals surface area contributed by atoms with Crippen molar-refractivity contribution >= 4 is 30.6 Å². The highest BCUT2D eigenvalue weighted by molar-refractivity contribution is 5.85. The Balaban J connectivity index is 0.000000902. The van der Waals surface area contributed by atoms with Crippen LogP contribution in [0.4, 0.5) is 5.82 Å². The van der Waals surface area contributed by atoms with Crippen molar-refractivity contribution in [3.8, 4) is 0 Å². The number of nitrogens with one attached hydrogen (secondary N) is 2. The third kappa shape index (κ3) is 3.96. The highest BCUT2D eigenvalue weighted by atomic mass is 35.5. The summed E-state index contributed by atoms with van der Waals surface area (Å²) in [5, 5.41) is 6.97. The second-order valence-electron chi connectivity index (χ2n) is 4.86. The molecule has 4 nitrogen and oxygen atoms in total. The van der Waals surface area contributed by atoms with Gasteiger partial charge in [-0.15, -0.1) is 24.8 Å². The van der Waals surface area contributed by atoms with Gasteiger partial charge in [0.25, 0.3) is 0 Å². The van der Waals surface area contributed by atoms with Crippen molar-refractivity contribution in [2.24, 2.45) is 5.92 Å². The number of aromatic nitrogens is 1. The van der Waals surface area contributed by atoms with Crippen LogP contribution < -0.4 is 10.6 Å². The standard InChI is InChI=1S/C13H19N3O.2ClH/c1-2-6-15-12(5-1)16-11-9-14-8-10-4-3-7-17-13(10)11;;/h1-2,5-6,10-11,13-14H,3-4,7-9H2,(H,15,16);2*1H/t10-,11+,13-;;/m0../s1. The highest BCUT2D eigenvalue weighted by Gasteiger charge is 2.35. The molecular weight excluding hydrogens is 285 g/mol. The molecule has 108 valence electrons. The van der Waals surface area contributed by atoms with Crippen molar-refractivity contribution in [1.29, 1.82) is 0 Å². The lowest BCUT2D eigenvalue weighted by Gasteiger charge is -2.41. The number of pyridine rings is 1. The Kier molecular flexibility index (Phi) is 6.86. The predicted molar refractivity (Wildman–Crippen MR) is 81.5 cm³/mol. The lowest BCUT2D eigenvalue weighted by atomic mass is 9.86. The summed E-state index contributed by atoms with van der Waals surface area (Å²) >= 11 is 0. The first-order valence-electron chi connectivity index (χ1n) is 6.43. The van der Waals surface area contributed by atoms with E-state index < -0.39 is 0 Å². The van der Waals surface area contributed by atoms with Crippen LogP contribution in [0.3, 0.4) is 0 Å². The average Bonchev–Trinajstić information content (AvgIpc) is 2.40. The minimum Gasteiger partial charge on any atom is -0.376 e. The number of hydrogen-bond donors (Lipinski definition) is 2. The second-order valence-corrected chi connectivity index (χ2v) is 4.86. The third-order valence-corrected chi connectivity index (χ3v) is 3.66. The molecule has 2 fully saturated rings. The molecule has 0 saturated carbocycles. The van der Waals surface area contributed by atoms with Crippen LogP contribution in [0.1, 0.15) is 12.8 Å². The van der Waals surface area contributed by atoms with E-state index >= 15 is 0 Å². The van der Waals surface area contributed by atoms with E-state index in [4.69, 9.17) is 4.74 Å². The molecule has 2 aliphatic rings. The maximum Gasteiger partial charge on any atom is 0.126 e. The quantitative estimate of drug-likeness (QED) is 0.878. The maximum atomic E-state index is 5.94. The minimum absolute atomic E-state index is 0. The molecule has 3 heterocycles. The van der Waals surface area contributed by atoms with Crippen LogP contribution in [0.2, 0.25) is 0 Å². The molecule has 0 spiro atoms. The van der Waals surface area contributed by atoms with Gasteiger partial charge in [0.1, 0.15) is 5.82 Å². The lowest BCUT2D eigenvalue weighted by molar-refractivity contribution is -0.0474. The van der Waals surface area contributed by atoms with E-state index in [0.29, 0.717) is 18.1 Å². The van der Waals surface area contributed by atoms with Gasteiger partial charge >= 0.3 is 0 Å². The molecule has 3 rings (SSSR count). The topological polar surface area (TPSA) is 46.2 Å². The van der Waals surface area contributed by atoms with Crippen molar-refractivity contribution in [3.05, 3.63) is 24.4 Å². The van der Waals surface area contributed by atoms with E-state index in [1.165, 1.54) is 12.8 Å². The van der Waals surface area contributed by atoms with Crippen LogP contribution in [-0.2, 0) is 4.74 Å². The van der Waals surface area contributed by atoms with E-state index in [-0.39, 0.29) is 24.8 Å². The van der Waals surface area contributed by atoms with Crippen LogP contribution in [0.25, 0.3) is 0 Å². The Morgan fingerprint density at radius 2 is 2.16 bits per heavy atom. The fourth-order valence-corrected chi connectivity index (χ4v) is 2.84. The van der Waals surface area contributed by atoms with Gasteiger partial charge < -0.3 is 15.4 Å². The number of anilines is 1. The molecule has 1 aromatic rings. The Hall–Kier alpha value is -0.550. The smallest absolute Gasteiger partial charge is 0.126 e. The number of halogens is 2. The molecule has 2 aliphatic heterocycles. The molecular formula is C13H21Cl2N3O. The Morgan fingerprint density at radius 3 is 2.95 bits per heavy atom. The largest absolute Gasteiger partial charge is 0.376 e. The molecule has 2 N–H and O–H groups in total. The van der Waals surface area contributed by atoms with Crippen LogP contribution >= 0.6 is 24.8 Å². The van der Waals surface area contributed by atoms with Crippen LogP contribution in [0.15, 0.2) is 24.4 Å². The summed E-state index contributed by atoms with van der Waals surface area (Å²) in [7, 11) is 0. The minimum atomic E-state index is 0. The summed E-state index contributed by atoms with van der Waals surface area (Å²) in [5.74, 6) is 1.59. The van der Waals surface area contributed by atoms with Crippen molar-refractivity contribution in [2.45, 2.75) is 25.0 Å². The molecule has 6 heteroatoms. The third-order valence-electron chi connectivity index (χ3n) is 3.66. The zero-order valence-corrected chi connectivity index (χ0v) is 12.4. The number of hydrogen-bond acceptors (Lipinski definition) is 4. The van der Waals surface area contributed by atoms with Crippen molar-refractivity contribution in [2.75, 3.05) is 25.0 Å². The van der Waals surface area contributed by atoms with Gasteiger partial charge in [0.05, 0.1) is 12.1 Å². The zero-order valence-electron chi connectivity index (χ0n) is 10.7. The van der Waals surface area contributed by atoms with Gasteiger partial charge in [-0.1, -0.05) is 6.07 Å². The summed E-state index contributed by atoms with van der Waals surface area (Å²) in [6, 6.07) is 6.28. The van der Waals surface area contributed by atoms with Gasteiger partial charge in [0.2, 0.25) is 0 Å². The molecule has 3 atom stereocenters. The van der Waals surface area contributed by atoms with E-state index in [9.17, 15) is 0 Å². The van der Waals surface area contributed by atoms with Gasteiger partial charge in [-0.05, 0) is 30.9 Å². The first kappa shape index (κ1) is 16.5. The van der Waals surface area contributed by atoms with Gasteiger partial charge in [-0.3, -0.25) is 0 Å². The van der Waals surface area contributed by atoms with Gasteiger partial charge in [0.15, 0.2) is 0 Å². The van der Waals surface area contributed by atoms with Crippen LogP contribution in [0, 0.1) is 5.92 Å². The van der Waals surface area contributed by atoms with Crippen molar-refractivity contribution in [1.82, 2.24) is 10.3 Å². The first-order valence-corrected chi connectivity index (χ1v) is 6.43. The Bertz CT molecular complexity index is 364. The summed E-state index contributed by atoms with van der Waals surface area (Å²) in [6.07, 6.45) is 4.63. The van der Waals surface area contributed by atoms with E-state index in [1.54, 1.807) is 0 Å². The Labute approximate surface area is 126 Å². The summed E-state index contributed by atoms with van der Waals surface area (Å²) in [6.45, 7) is 2.95. The van der Waals surface area contributed by atoms with Gasteiger partial charge in [-0.2, -0.15) is 0 Å². The highest BCUT2D eigenvalue weighted by Crippen LogP contribution is 2.26. The predicted octanol–water partition coefficient (Wildman–Crippen LogP) is 2.10. The molecule has 2 saturated heterocycles. The number of piperidine rings is 1. The van der Waals surface area contributed by atoms with Crippen LogP contribution in [0.5, 0.6) is 0 Å². The lowest BCUT2D eigenvalue weighted by Crippen LogP contribution is -2.56. The maximum absolute atomic E-state index is 5.94. The van der Waals surface area contributed by atoms with Gasteiger partial charge in [-0.25, -0.2) is 4.98 Å². The number of nitrogens with zero attached hydrogens (tertiary/aromatic N) is 1. The monoisotopic (exact) mass is 305 g/mol. The number of fused-ring (bicyclic) bond motifs is 1. The molecule has 0 radical (unpaired) electrons. The van der Waals surface area contributed by atoms with E-state index in [1.807, 2.05) is 24.4 Å². The number of rotatable bonds is 2. The van der Waals surface area contributed by atoms with Crippen molar-refractivity contribution in [3.63, 3.8) is 0 Å². The normalized spacial score (nSPS) is 29.4. The van der Waals surface area contributed by atoms with E-state index in [2.05, 4.69) is 15.6 Å². The van der Waals surface area contributed by atoms with Crippen LogP contribution in [-0.4, -0.2) is 36.8 Å². The first-order chi connectivity index (χ1) is 8.43. The molecule has 0 amide bonds. The second kappa shape index (κ2) is 7.90. The average molecular weight is 306 g/mol. The molecule has 19 heavy (non-hydrogen) atoms. The summed E-state index contributed by atoms with van der Waals surface area (Å²) in [4.78, 5) is 4.32. The molecule has 0 unspecified atom stereocenters. The fraction of sp³-hybridized carbons (Fsp3) is 0.615.